The summed E-state index contributed by atoms with van der Waals surface area (Å²) in [5, 5.41) is 16.8. The molecule has 1 aromatic heterocycles. The standard InChI is InChI=1S/C14H23N3O2/c1-10(2)14(4,19)9-15-13(18)7-6-12-8-16-17(5)11(12)3/h6-8,10,19H,9H2,1-5H3,(H,15,18)/b7-6+. The topological polar surface area (TPSA) is 67.2 Å². The van der Waals surface area contributed by atoms with Crippen LogP contribution in [-0.2, 0) is 11.8 Å². The highest BCUT2D eigenvalue weighted by atomic mass is 16.3. The van der Waals surface area contributed by atoms with Crippen LogP contribution < -0.4 is 5.32 Å². The van der Waals surface area contributed by atoms with E-state index in [0.717, 1.165) is 11.3 Å². The van der Waals surface area contributed by atoms with Crippen molar-refractivity contribution in [1.82, 2.24) is 15.1 Å². The molecule has 1 aromatic rings. The van der Waals surface area contributed by atoms with Gasteiger partial charge in [-0.1, -0.05) is 13.8 Å². The third-order valence-corrected chi connectivity index (χ3v) is 3.55. The van der Waals surface area contributed by atoms with E-state index in [1.165, 1.54) is 6.08 Å². The summed E-state index contributed by atoms with van der Waals surface area (Å²) in [5.74, 6) is -0.137. The fourth-order valence-electron chi connectivity index (χ4n) is 1.37. The summed E-state index contributed by atoms with van der Waals surface area (Å²) in [4.78, 5) is 11.7. The van der Waals surface area contributed by atoms with E-state index in [0.29, 0.717) is 0 Å². The lowest BCUT2D eigenvalue weighted by molar-refractivity contribution is -0.118. The van der Waals surface area contributed by atoms with E-state index in [4.69, 9.17) is 0 Å². The third-order valence-electron chi connectivity index (χ3n) is 3.55. The zero-order valence-corrected chi connectivity index (χ0v) is 12.3. The molecule has 1 heterocycles. The van der Waals surface area contributed by atoms with E-state index in [-0.39, 0.29) is 18.4 Å². The first kappa shape index (κ1) is 15.4. The van der Waals surface area contributed by atoms with Crippen LogP contribution in [0.15, 0.2) is 12.3 Å². The minimum Gasteiger partial charge on any atom is -0.388 e. The zero-order valence-electron chi connectivity index (χ0n) is 12.3. The SMILES string of the molecule is Cc1c(/C=C/C(=O)NCC(C)(O)C(C)C)cnn1C. The molecule has 0 aromatic carbocycles. The molecular formula is C14H23N3O2. The number of nitrogens with one attached hydrogen (secondary N) is 1. The Morgan fingerprint density at radius 2 is 2.26 bits per heavy atom. The Balaban J connectivity index is 2.55. The average molecular weight is 265 g/mol. The summed E-state index contributed by atoms with van der Waals surface area (Å²) in [6.07, 6.45) is 4.89. The van der Waals surface area contributed by atoms with Crippen molar-refractivity contribution in [2.75, 3.05) is 6.54 Å². The highest BCUT2D eigenvalue weighted by Gasteiger charge is 2.24. The lowest BCUT2D eigenvalue weighted by atomic mass is 9.92. The van der Waals surface area contributed by atoms with Crippen molar-refractivity contribution in [1.29, 1.82) is 0 Å². The predicted octanol–water partition coefficient (Wildman–Crippen LogP) is 1.26. The van der Waals surface area contributed by atoms with Crippen LogP contribution in [0.3, 0.4) is 0 Å². The van der Waals surface area contributed by atoms with Gasteiger partial charge in [0.15, 0.2) is 0 Å². The first-order valence-corrected chi connectivity index (χ1v) is 6.41. The molecule has 0 radical (unpaired) electrons. The largest absolute Gasteiger partial charge is 0.388 e. The number of aliphatic hydroxyl groups is 1. The Hall–Kier alpha value is -1.62. The molecule has 0 saturated carbocycles. The number of hydrogen-bond donors (Lipinski definition) is 2. The minimum atomic E-state index is -0.895. The fraction of sp³-hybridized carbons (Fsp3) is 0.571. The molecule has 1 rings (SSSR count). The maximum absolute atomic E-state index is 11.7. The summed E-state index contributed by atoms with van der Waals surface area (Å²) in [6, 6.07) is 0. The molecule has 1 amide bonds. The number of aromatic nitrogens is 2. The molecule has 0 fully saturated rings. The van der Waals surface area contributed by atoms with E-state index >= 15 is 0 Å². The van der Waals surface area contributed by atoms with Crippen molar-refractivity contribution in [2.24, 2.45) is 13.0 Å². The van der Waals surface area contributed by atoms with Gasteiger partial charge in [-0.15, -0.1) is 0 Å². The maximum atomic E-state index is 11.7. The molecule has 0 aliphatic heterocycles. The van der Waals surface area contributed by atoms with Gasteiger partial charge in [-0.2, -0.15) is 5.10 Å². The van der Waals surface area contributed by atoms with E-state index in [1.807, 2.05) is 27.8 Å². The van der Waals surface area contributed by atoms with E-state index < -0.39 is 5.60 Å². The van der Waals surface area contributed by atoms with Crippen LogP contribution in [0.25, 0.3) is 6.08 Å². The van der Waals surface area contributed by atoms with Crippen LogP contribution in [0.4, 0.5) is 0 Å². The number of aryl methyl sites for hydroxylation is 1. The first-order valence-electron chi connectivity index (χ1n) is 6.41. The second-order valence-electron chi connectivity index (χ2n) is 5.37. The number of carbonyl (C=O) groups is 1. The highest BCUT2D eigenvalue weighted by Crippen LogP contribution is 2.14. The van der Waals surface area contributed by atoms with Crippen molar-refractivity contribution in [2.45, 2.75) is 33.3 Å². The van der Waals surface area contributed by atoms with Gasteiger partial charge >= 0.3 is 0 Å². The van der Waals surface area contributed by atoms with Gasteiger partial charge in [0, 0.05) is 30.9 Å². The average Bonchev–Trinajstić information content (AvgIpc) is 2.65. The van der Waals surface area contributed by atoms with Crippen LogP contribution in [0.5, 0.6) is 0 Å². The van der Waals surface area contributed by atoms with Crippen LogP contribution in [-0.4, -0.2) is 32.9 Å². The van der Waals surface area contributed by atoms with Gasteiger partial charge in [0.25, 0.3) is 0 Å². The normalized spacial score (nSPS) is 14.9. The Morgan fingerprint density at radius 1 is 1.63 bits per heavy atom. The number of hydrogen-bond acceptors (Lipinski definition) is 3. The third kappa shape index (κ3) is 4.21. The lowest BCUT2D eigenvalue weighted by Gasteiger charge is -2.27. The van der Waals surface area contributed by atoms with Gasteiger partial charge in [-0.05, 0) is 25.8 Å². The number of amides is 1. The Bertz CT molecular complexity index is 473. The molecule has 5 nitrogen and oxygen atoms in total. The predicted molar refractivity (Wildman–Crippen MR) is 75.5 cm³/mol. The molecule has 0 saturated heterocycles. The van der Waals surface area contributed by atoms with Gasteiger partial charge in [-0.25, -0.2) is 0 Å². The van der Waals surface area contributed by atoms with E-state index in [9.17, 15) is 9.90 Å². The maximum Gasteiger partial charge on any atom is 0.244 e. The summed E-state index contributed by atoms with van der Waals surface area (Å²) in [5.41, 5.74) is 1.01. The molecule has 19 heavy (non-hydrogen) atoms. The zero-order chi connectivity index (χ0) is 14.6. The quantitative estimate of drug-likeness (QED) is 0.788. The van der Waals surface area contributed by atoms with Gasteiger partial charge in [0.05, 0.1) is 11.8 Å². The van der Waals surface area contributed by atoms with Gasteiger partial charge in [0.1, 0.15) is 0 Å². The van der Waals surface area contributed by atoms with Crippen molar-refractivity contribution in [3.63, 3.8) is 0 Å². The Morgan fingerprint density at radius 3 is 2.74 bits per heavy atom. The molecule has 1 atom stereocenters. The van der Waals surface area contributed by atoms with E-state index in [1.54, 1.807) is 23.9 Å². The monoisotopic (exact) mass is 265 g/mol. The van der Waals surface area contributed by atoms with Crippen LogP contribution in [0.1, 0.15) is 32.0 Å². The summed E-state index contributed by atoms with van der Waals surface area (Å²) in [6.45, 7) is 7.73. The van der Waals surface area contributed by atoms with Gasteiger partial charge in [0.2, 0.25) is 5.91 Å². The van der Waals surface area contributed by atoms with Crippen molar-refractivity contribution in [3.8, 4) is 0 Å². The summed E-state index contributed by atoms with van der Waals surface area (Å²) < 4.78 is 1.75. The Labute approximate surface area is 114 Å². The van der Waals surface area contributed by atoms with Crippen molar-refractivity contribution >= 4 is 12.0 Å². The summed E-state index contributed by atoms with van der Waals surface area (Å²) in [7, 11) is 1.85. The summed E-state index contributed by atoms with van der Waals surface area (Å²) >= 11 is 0. The Kier molecular flexibility index (Phi) is 4.89. The number of carbonyl (C=O) groups excluding carboxylic acids is 1. The lowest BCUT2D eigenvalue weighted by Crippen LogP contribution is -2.43. The van der Waals surface area contributed by atoms with Crippen molar-refractivity contribution in [3.05, 3.63) is 23.5 Å². The first-order chi connectivity index (χ1) is 8.74. The molecule has 0 bridgehead atoms. The van der Waals surface area contributed by atoms with Crippen LogP contribution >= 0.6 is 0 Å². The van der Waals surface area contributed by atoms with E-state index in [2.05, 4.69) is 10.4 Å². The van der Waals surface area contributed by atoms with Crippen molar-refractivity contribution < 1.29 is 9.90 Å². The molecule has 0 spiro atoms. The molecule has 2 N–H and O–H groups in total. The smallest absolute Gasteiger partial charge is 0.244 e. The van der Waals surface area contributed by atoms with Gasteiger partial charge < -0.3 is 10.4 Å². The van der Waals surface area contributed by atoms with Crippen LogP contribution in [0.2, 0.25) is 0 Å². The molecule has 106 valence electrons. The minimum absolute atomic E-state index is 0.0809. The highest BCUT2D eigenvalue weighted by molar-refractivity contribution is 5.91. The molecule has 1 unspecified atom stereocenters. The second kappa shape index (κ2) is 6.02. The molecule has 5 heteroatoms. The van der Waals surface area contributed by atoms with Gasteiger partial charge in [-0.3, -0.25) is 9.48 Å². The molecule has 0 aliphatic rings. The molecule has 0 aliphatic carbocycles. The number of nitrogens with zero attached hydrogens (tertiary/aromatic N) is 2. The van der Waals surface area contributed by atoms with Crippen LogP contribution in [0, 0.1) is 12.8 Å². The fourth-order valence-corrected chi connectivity index (χ4v) is 1.37. The second-order valence-corrected chi connectivity index (χ2v) is 5.37. The molecular weight excluding hydrogens is 242 g/mol. The number of rotatable bonds is 5.